The summed E-state index contributed by atoms with van der Waals surface area (Å²) in [4.78, 5) is 18.5. The normalized spacial score (nSPS) is 11.7. The molecule has 0 saturated carbocycles. The van der Waals surface area contributed by atoms with Gasteiger partial charge >= 0.3 is 0 Å². The van der Waals surface area contributed by atoms with E-state index in [2.05, 4.69) is 15.3 Å². The van der Waals surface area contributed by atoms with Gasteiger partial charge in [-0.2, -0.15) is 0 Å². The number of carbonyl (C=O) groups excluding carboxylic acids is 1. The number of rotatable bonds is 2. The van der Waals surface area contributed by atoms with Crippen molar-refractivity contribution in [3.05, 3.63) is 24.5 Å². The van der Waals surface area contributed by atoms with Crippen molar-refractivity contribution in [1.82, 2.24) is 9.97 Å². The largest absolute Gasteiger partial charge is 0.381 e. The number of hydrogen-bond acceptors (Lipinski definition) is 3. The summed E-state index contributed by atoms with van der Waals surface area (Å²) in [5.74, 6) is -0.439. The van der Waals surface area contributed by atoms with Gasteiger partial charge in [-0.15, -0.1) is 0 Å². The third kappa shape index (κ3) is 2.04. The summed E-state index contributed by atoms with van der Waals surface area (Å²) in [6, 6.07) is 5.31. The number of anilines is 1. The molecule has 1 aromatic heterocycles. The van der Waals surface area contributed by atoms with Crippen molar-refractivity contribution < 1.29 is 9.90 Å². The number of imidazole rings is 1. The molecule has 0 radical (unpaired) electrons. The van der Waals surface area contributed by atoms with Crippen LogP contribution in [0.1, 0.15) is 13.8 Å². The molecule has 1 amide bonds. The molecular weight excluding hydrogens is 206 g/mol. The van der Waals surface area contributed by atoms with Gasteiger partial charge in [0.05, 0.1) is 17.4 Å². The lowest BCUT2D eigenvalue weighted by atomic mass is 10.1. The number of nitrogens with one attached hydrogen (secondary N) is 2. The van der Waals surface area contributed by atoms with Gasteiger partial charge in [0.15, 0.2) is 0 Å². The van der Waals surface area contributed by atoms with E-state index in [0.717, 1.165) is 11.0 Å². The van der Waals surface area contributed by atoms with Crippen LogP contribution in [0.2, 0.25) is 0 Å². The minimum Gasteiger partial charge on any atom is -0.381 e. The van der Waals surface area contributed by atoms with Crippen LogP contribution in [0.4, 0.5) is 5.69 Å². The average molecular weight is 219 g/mol. The van der Waals surface area contributed by atoms with E-state index in [1.165, 1.54) is 13.8 Å². The first-order chi connectivity index (χ1) is 7.47. The highest BCUT2D eigenvalue weighted by Crippen LogP contribution is 2.16. The Morgan fingerprint density at radius 1 is 1.50 bits per heavy atom. The minimum atomic E-state index is -1.39. The van der Waals surface area contributed by atoms with Crippen LogP contribution in [0.15, 0.2) is 24.5 Å². The number of aromatic nitrogens is 2. The maximum atomic E-state index is 11.5. The van der Waals surface area contributed by atoms with Crippen LogP contribution in [0.25, 0.3) is 11.0 Å². The summed E-state index contributed by atoms with van der Waals surface area (Å²) in [6.07, 6.45) is 1.59. The molecule has 2 aromatic rings. The first-order valence-corrected chi connectivity index (χ1v) is 4.94. The number of benzene rings is 1. The smallest absolute Gasteiger partial charge is 0.255 e. The molecule has 0 spiro atoms. The van der Waals surface area contributed by atoms with Crippen molar-refractivity contribution in [2.45, 2.75) is 19.4 Å². The molecule has 5 heteroatoms. The van der Waals surface area contributed by atoms with E-state index < -0.39 is 11.5 Å². The van der Waals surface area contributed by atoms with Gasteiger partial charge in [-0.3, -0.25) is 4.79 Å². The molecule has 3 N–H and O–H groups in total. The van der Waals surface area contributed by atoms with E-state index in [1.807, 2.05) is 0 Å². The van der Waals surface area contributed by atoms with Crippen LogP contribution >= 0.6 is 0 Å². The summed E-state index contributed by atoms with van der Waals surface area (Å²) in [7, 11) is 0. The van der Waals surface area contributed by atoms with Gasteiger partial charge in [-0.05, 0) is 32.0 Å². The van der Waals surface area contributed by atoms with Crippen molar-refractivity contribution in [2.24, 2.45) is 0 Å². The molecular formula is C11H13N3O2. The lowest BCUT2D eigenvalue weighted by Gasteiger charge is -2.16. The molecule has 0 aliphatic carbocycles. The second kappa shape index (κ2) is 3.61. The van der Waals surface area contributed by atoms with Crippen molar-refractivity contribution in [1.29, 1.82) is 0 Å². The molecule has 1 aromatic carbocycles. The first-order valence-electron chi connectivity index (χ1n) is 4.94. The highest BCUT2D eigenvalue weighted by atomic mass is 16.3. The SMILES string of the molecule is CC(C)(O)C(=O)Nc1ccc2nc[nH]c2c1. The maximum absolute atomic E-state index is 11.5. The summed E-state index contributed by atoms with van der Waals surface area (Å²) in [5.41, 5.74) is 0.918. The van der Waals surface area contributed by atoms with Crippen molar-refractivity contribution in [3.63, 3.8) is 0 Å². The highest BCUT2D eigenvalue weighted by molar-refractivity contribution is 5.97. The predicted molar refractivity (Wildman–Crippen MR) is 61.0 cm³/mol. The van der Waals surface area contributed by atoms with Gasteiger partial charge in [-0.25, -0.2) is 4.98 Å². The molecule has 2 rings (SSSR count). The lowest BCUT2D eigenvalue weighted by molar-refractivity contribution is -0.130. The van der Waals surface area contributed by atoms with Crippen LogP contribution in [0.3, 0.4) is 0 Å². The Hall–Kier alpha value is -1.88. The second-order valence-electron chi connectivity index (χ2n) is 4.15. The maximum Gasteiger partial charge on any atom is 0.255 e. The molecule has 0 aliphatic rings. The zero-order chi connectivity index (χ0) is 11.8. The monoisotopic (exact) mass is 219 g/mol. The van der Waals surface area contributed by atoms with Crippen LogP contribution in [-0.4, -0.2) is 26.6 Å². The van der Waals surface area contributed by atoms with Gasteiger partial charge in [0.1, 0.15) is 5.60 Å². The van der Waals surface area contributed by atoms with Gasteiger partial charge in [-0.1, -0.05) is 0 Å². The third-order valence-corrected chi connectivity index (χ3v) is 2.23. The van der Waals surface area contributed by atoms with E-state index >= 15 is 0 Å². The molecule has 0 bridgehead atoms. The Morgan fingerprint density at radius 2 is 2.25 bits per heavy atom. The van der Waals surface area contributed by atoms with Crippen LogP contribution in [0.5, 0.6) is 0 Å². The number of hydrogen-bond donors (Lipinski definition) is 3. The molecule has 1 heterocycles. The van der Waals surface area contributed by atoms with Crippen LogP contribution in [0, 0.1) is 0 Å². The number of aromatic amines is 1. The standard InChI is InChI=1S/C11H13N3O2/c1-11(2,16)10(15)14-7-3-4-8-9(5-7)13-6-12-8/h3-6,16H,1-2H3,(H,12,13)(H,14,15). The van der Waals surface area contributed by atoms with Crippen LogP contribution < -0.4 is 5.32 Å². The molecule has 16 heavy (non-hydrogen) atoms. The second-order valence-corrected chi connectivity index (χ2v) is 4.15. The van der Waals surface area contributed by atoms with Crippen molar-refractivity contribution in [3.8, 4) is 0 Å². The fourth-order valence-electron chi connectivity index (χ4n) is 1.30. The molecule has 0 unspecified atom stereocenters. The fraction of sp³-hybridized carbons (Fsp3) is 0.273. The Bertz CT molecular complexity index is 525. The quantitative estimate of drug-likeness (QED) is 0.711. The van der Waals surface area contributed by atoms with E-state index in [1.54, 1.807) is 24.5 Å². The van der Waals surface area contributed by atoms with Gasteiger partial charge in [0.2, 0.25) is 0 Å². The lowest BCUT2D eigenvalue weighted by Crippen LogP contribution is -2.36. The summed E-state index contributed by atoms with van der Waals surface area (Å²) < 4.78 is 0. The van der Waals surface area contributed by atoms with Gasteiger partial charge in [0, 0.05) is 5.69 Å². The minimum absolute atomic E-state index is 0.439. The van der Waals surface area contributed by atoms with Gasteiger partial charge in [0.25, 0.3) is 5.91 Å². The molecule has 84 valence electrons. The molecule has 0 aliphatic heterocycles. The zero-order valence-electron chi connectivity index (χ0n) is 9.11. The molecule has 0 fully saturated rings. The van der Waals surface area contributed by atoms with Gasteiger partial charge < -0.3 is 15.4 Å². The summed E-state index contributed by atoms with van der Waals surface area (Å²) in [5, 5.41) is 12.1. The molecule has 5 nitrogen and oxygen atoms in total. The van der Waals surface area contributed by atoms with E-state index in [9.17, 15) is 9.90 Å². The summed E-state index contributed by atoms with van der Waals surface area (Å²) in [6.45, 7) is 2.88. The Morgan fingerprint density at radius 3 is 2.94 bits per heavy atom. The number of carbonyl (C=O) groups is 1. The number of aliphatic hydroxyl groups is 1. The van der Waals surface area contributed by atoms with Crippen molar-refractivity contribution in [2.75, 3.05) is 5.32 Å². The number of H-pyrrole nitrogens is 1. The number of nitrogens with zero attached hydrogens (tertiary/aromatic N) is 1. The fourth-order valence-corrected chi connectivity index (χ4v) is 1.30. The van der Waals surface area contributed by atoms with E-state index in [-0.39, 0.29) is 0 Å². The topological polar surface area (TPSA) is 78.0 Å². The van der Waals surface area contributed by atoms with Crippen molar-refractivity contribution >= 4 is 22.6 Å². The molecule has 0 atom stereocenters. The van der Waals surface area contributed by atoms with E-state index in [0.29, 0.717) is 5.69 Å². The predicted octanol–water partition coefficient (Wildman–Crippen LogP) is 1.27. The zero-order valence-corrected chi connectivity index (χ0v) is 9.11. The Labute approximate surface area is 92.5 Å². The highest BCUT2D eigenvalue weighted by Gasteiger charge is 2.23. The third-order valence-electron chi connectivity index (χ3n) is 2.23. The van der Waals surface area contributed by atoms with E-state index in [4.69, 9.17) is 0 Å². The average Bonchev–Trinajstić information content (AvgIpc) is 2.63. The number of fused-ring (bicyclic) bond motifs is 1. The Balaban J connectivity index is 2.24. The Kier molecular flexibility index (Phi) is 2.40. The number of amides is 1. The van der Waals surface area contributed by atoms with Crippen LogP contribution in [-0.2, 0) is 4.79 Å². The molecule has 0 saturated heterocycles. The first kappa shape index (κ1) is 10.6. The summed E-state index contributed by atoms with van der Waals surface area (Å²) >= 11 is 0.